The zero-order valence-corrected chi connectivity index (χ0v) is 7.14. The molecule has 0 aromatic rings. The van der Waals surface area contributed by atoms with Crippen LogP contribution in [0.3, 0.4) is 0 Å². The van der Waals surface area contributed by atoms with Gasteiger partial charge in [0, 0.05) is 5.25 Å². The number of aliphatic carboxylic acids is 1. The van der Waals surface area contributed by atoms with Crippen LogP contribution < -0.4 is 5.73 Å². The molecule has 1 aliphatic rings. The number of hydrogen-bond acceptors (Lipinski definition) is 3. The van der Waals surface area contributed by atoms with Crippen molar-refractivity contribution in [2.24, 2.45) is 5.73 Å². The second-order valence-corrected chi connectivity index (χ2v) is 4.12. The molecule has 0 saturated carbocycles. The third kappa shape index (κ3) is 2.38. The molecule has 3 nitrogen and oxygen atoms in total. The highest BCUT2D eigenvalue weighted by atomic mass is 32.2. The Hall–Kier alpha value is -0.220. The maximum Gasteiger partial charge on any atom is 0.321 e. The molecule has 2 atom stereocenters. The first-order chi connectivity index (χ1) is 5.22. The van der Waals surface area contributed by atoms with E-state index in [1.54, 1.807) is 11.8 Å². The summed E-state index contributed by atoms with van der Waals surface area (Å²) in [4.78, 5) is 10.5. The minimum absolute atomic E-state index is 0.140. The average molecular weight is 175 g/mol. The molecular formula is C7H13NO2S. The maximum atomic E-state index is 10.5. The average Bonchev–Trinajstić information content (AvgIpc) is 2.05. The highest BCUT2D eigenvalue weighted by molar-refractivity contribution is 8.00. The van der Waals surface area contributed by atoms with Crippen molar-refractivity contribution in [1.29, 1.82) is 0 Å². The summed E-state index contributed by atoms with van der Waals surface area (Å²) in [5.41, 5.74) is 5.47. The van der Waals surface area contributed by atoms with E-state index in [0.29, 0.717) is 0 Å². The van der Waals surface area contributed by atoms with E-state index in [-0.39, 0.29) is 5.25 Å². The van der Waals surface area contributed by atoms with E-state index < -0.39 is 12.0 Å². The Morgan fingerprint density at radius 1 is 1.64 bits per heavy atom. The normalized spacial score (nSPS) is 27.9. The molecule has 0 aromatic carbocycles. The molecule has 11 heavy (non-hydrogen) atoms. The van der Waals surface area contributed by atoms with E-state index in [0.717, 1.165) is 18.6 Å². The van der Waals surface area contributed by atoms with Gasteiger partial charge in [0.2, 0.25) is 0 Å². The summed E-state index contributed by atoms with van der Waals surface area (Å²) < 4.78 is 0. The third-order valence-electron chi connectivity index (χ3n) is 1.90. The molecule has 2 unspecified atom stereocenters. The van der Waals surface area contributed by atoms with Crippen LogP contribution in [0.1, 0.15) is 19.3 Å². The van der Waals surface area contributed by atoms with E-state index in [4.69, 9.17) is 10.8 Å². The molecule has 1 rings (SSSR count). The van der Waals surface area contributed by atoms with Gasteiger partial charge in [-0.15, -0.1) is 0 Å². The van der Waals surface area contributed by atoms with Gasteiger partial charge in [0.25, 0.3) is 0 Å². The van der Waals surface area contributed by atoms with Crippen molar-refractivity contribution in [2.75, 3.05) is 5.75 Å². The van der Waals surface area contributed by atoms with Crippen LogP contribution in [0.25, 0.3) is 0 Å². The Morgan fingerprint density at radius 2 is 2.36 bits per heavy atom. The SMILES string of the molecule is NC(C(=O)O)C1CCCCS1. The Morgan fingerprint density at radius 3 is 2.82 bits per heavy atom. The number of carboxylic acids is 1. The van der Waals surface area contributed by atoms with E-state index in [1.165, 1.54) is 6.42 Å². The first kappa shape index (κ1) is 8.87. The molecule has 1 heterocycles. The number of hydrogen-bond donors (Lipinski definition) is 2. The van der Waals surface area contributed by atoms with Gasteiger partial charge in [-0.05, 0) is 18.6 Å². The van der Waals surface area contributed by atoms with Crippen molar-refractivity contribution in [3.63, 3.8) is 0 Å². The largest absolute Gasteiger partial charge is 0.480 e. The van der Waals surface area contributed by atoms with E-state index in [1.807, 2.05) is 0 Å². The lowest BCUT2D eigenvalue weighted by Crippen LogP contribution is -2.41. The molecule has 64 valence electrons. The molecule has 0 amide bonds. The molecule has 1 fully saturated rings. The molecule has 1 saturated heterocycles. The number of rotatable bonds is 2. The molecule has 0 radical (unpaired) electrons. The molecule has 3 N–H and O–H groups in total. The second kappa shape index (κ2) is 3.97. The monoisotopic (exact) mass is 175 g/mol. The molecule has 1 aliphatic heterocycles. The van der Waals surface area contributed by atoms with Crippen LogP contribution in [-0.4, -0.2) is 28.1 Å². The summed E-state index contributed by atoms with van der Waals surface area (Å²) in [6, 6.07) is -0.666. The Bertz CT molecular complexity index is 145. The van der Waals surface area contributed by atoms with Crippen LogP contribution in [0.4, 0.5) is 0 Å². The minimum atomic E-state index is -0.871. The van der Waals surface area contributed by atoms with Crippen LogP contribution in [0.5, 0.6) is 0 Å². The van der Waals surface area contributed by atoms with E-state index >= 15 is 0 Å². The maximum absolute atomic E-state index is 10.5. The van der Waals surface area contributed by atoms with Crippen molar-refractivity contribution >= 4 is 17.7 Å². The molecule has 0 aliphatic carbocycles. The lowest BCUT2D eigenvalue weighted by atomic mass is 10.1. The summed E-state index contributed by atoms with van der Waals surface area (Å²) in [7, 11) is 0. The summed E-state index contributed by atoms with van der Waals surface area (Å²) in [6.45, 7) is 0. The second-order valence-electron chi connectivity index (χ2n) is 2.77. The fourth-order valence-corrected chi connectivity index (χ4v) is 2.54. The highest BCUT2D eigenvalue weighted by Gasteiger charge is 2.25. The van der Waals surface area contributed by atoms with Crippen LogP contribution in [-0.2, 0) is 4.79 Å². The van der Waals surface area contributed by atoms with Crippen molar-refractivity contribution in [1.82, 2.24) is 0 Å². The Labute approximate surface area is 70.3 Å². The number of thioether (sulfide) groups is 1. The van der Waals surface area contributed by atoms with Gasteiger partial charge >= 0.3 is 5.97 Å². The van der Waals surface area contributed by atoms with Crippen molar-refractivity contribution in [2.45, 2.75) is 30.6 Å². The lowest BCUT2D eigenvalue weighted by Gasteiger charge is -2.23. The Kier molecular flexibility index (Phi) is 3.20. The van der Waals surface area contributed by atoms with Gasteiger partial charge in [0.05, 0.1) is 0 Å². The van der Waals surface area contributed by atoms with Crippen LogP contribution >= 0.6 is 11.8 Å². The molecular weight excluding hydrogens is 162 g/mol. The smallest absolute Gasteiger partial charge is 0.321 e. The zero-order chi connectivity index (χ0) is 8.27. The Balaban J connectivity index is 2.38. The van der Waals surface area contributed by atoms with E-state index in [2.05, 4.69) is 0 Å². The van der Waals surface area contributed by atoms with Crippen LogP contribution in [0, 0.1) is 0 Å². The summed E-state index contributed by atoms with van der Waals surface area (Å²) in [5, 5.41) is 8.74. The van der Waals surface area contributed by atoms with Crippen molar-refractivity contribution in [3.05, 3.63) is 0 Å². The quantitative estimate of drug-likeness (QED) is 0.648. The first-order valence-electron chi connectivity index (χ1n) is 3.82. The van der Waals surface area contributed by atoms with Crippen LogP contribution in [0.2, 0.25) is 0 Å². The van der Waals surface area contributed by atoms with Gasteiger partial charge < -0.3 is 10.8 Å². The number of carbonyl (C=O) groups is 1. The summed E-state index contributed by atoms with van der Waals surface area (Å²) >= 11 is 1.69. The molecule has 0 aromatic heterocycles. The fraction of sp³-hybridized carbons (Fsp3) is 0.857. The lowest BCUT2D eigenvalue weighted by molar-refractivity contribution is -0.138. The van der Waals surface area contributed by atoms with Crippen molar-refractivity contribution < 1.29 is 9.90 Å². The summed E-state index contributed by atoms with van der Waals surface area (Å²) in [6.07, 6.45) is 3.28. The number of nitrogens with two attached hydrogens (primary N) is 1. The molecule has 0 spiro atoms. The first-order valence-corrected chi connectivity index (χ1v) is 4.86. The van der Waals surface area contributed by atoms with Gasteiger partial charge in [0.15, 0.2) is 0 Å². The van der Waals surface area contributed by atoms with Gasteiger partial charge in [-0.25, -0.2) is 0 Å². The van der Waals surface area contributed by atoms with E-state index in [9.17, 15) is 4.79 Å². The minimum Gasteiger partial charge on any atom is -0.480 e. The standard InChI is InChI=1S/C7H13NO2S/c8-6(7(9)10)5-3-1-2-4-11-5/h5-6H,1-4,8H2,(H,9,10). The van der Waals surface area contributed by atoms with Gasteiger partial charge in [0.1, 0.15) is 6.04 Å². The van der Waals surface area contributed by atoms with Crippen LogP contribution in [0.15, 0.2) is 0 Å². The van der Waals surface area contributed by atoms with Gasteiger partial charge in [-0.2, -0.15) is 11.8 Å². The molecule has 0 bridgehead atoms. The molecule has 4 heteroatoms. The topological polar surface area (TPSA) is 63.3 Å². The van der Waals surface area contributed by atoms with Crippen molar-refractivity contribution in [3.8, 4) is 0 Å². The predicted molar refractivity (Wildman–Crippen MR) is 45.7 cm³/mol. The predicted octanol–water partition coefficient (Wildman–Crippen LogP) is 0.684. The number of carboxylic acid groups (broad SMARTS) is 1. The van der Waals surface area contributed by atoms with Gasteiger partial charge in [-0.3, -0.25) is 4.79 Å². The third-order valence-corrected chi connectivity index (χ3v) is 3.38. The zero-order valence-electron chi connectivity index (χ0n) is 6.32. The van der Waals surface area contributed by atoms with Gasteiger partial charge in [-0.1, -0.05) is 6.42 Å². The summed E-state index contributed by atoms with van der Waals surface area (Å²) in [5.74, 6) is 0.190. The fourth-order valence-electron chi connectivity index (χ4n) is 1.21. The highest BCUT2D eigenvalue weighted by Crippen LogP contribution is 2.26.